The number of oxazole rings is 2. The summed E-state index contributed by atoms with van der Waals surface area (Å²) in [5.74, 6) is -0.894. The van der Waals surface area contributed by atoms with Crippen LogP contribution in [0, 0.1) is 27.7 Å². The fourth-order valence-electron chi connectivity index (χ4n) is 6.81. The second-order valence-corrected chi connectivity index (χ2v) is 13.8. The van der Waals surface area contributed by atoms with Crippen LogP contribution in [-0.4, -0.2) is 79.4 Å². The minimum atomic E-state index is -1.09. The molecule has 0 spiro atoms. The number of hydrogen-bond donors (Lipinski definition) is 2. The Hall–Kier alpha value is -5.26. The first kappa shape index (κ1) is 37.0. The maximum absolute atomic E-state index is 12.8. The van der Waals surface area contributed by atoms with E-state index in [2.05, 4.69) is 40.3 Å². The van der Waals surface area contributed by atoms with Gasteiger partial charge in [0.2, 0.25) is 11.8 Å². The predicted octanol–water partition coefficient (Wildman–Crippen LogP) is 6.27. The fourth-order valence-corrected chi connectivity index (χ4v) is 6.81. The van der Waals surface area contributed by atoms with Crippen LogP contribution in [0.15, 0.2) is 57.8 Å². The van der Waals surface area contributed by atoms with Crippen molar-refractivity contribution in [2.75, 3.05) is 19.6 Å². The first-order chi connectivity index (χ1) is 24.3. The first-order valence-electron chi connectivity index (χ1n) is 17.4. The molecule has 2 amide bonds. The zero-order valence-electron chi connectivity index (χ0n) is 29.8. The van der Waals surface area contributed by atoms with Crippen molar-refractivity contribution < 1.29 is 38.2 Å². The third kappa shape index (κ3) is 9.30. The van der Waals surface area contributed by atoms with Crippen molar-refractivity contribution in [3.05, 3.63) is 105 Å². The van der Waals surface area contributed by atoms with Gasteiger partial charge in [0.1, 0.15) is 12.5 Å². The molecule has 6 rings (SSSR count). The van der Waals surface area contributed by atoms with E-state index < -0.39 is 11.9 Å². The van der Waals surface area contributed by atoms with Crippen molar-refractivity contribution >= 4 is 23.8 Å². The highest BCUT2D eigenvalue weighted by Gasteiger charge is 2.32. The molecule has 2 aliphatic rings. The van der Waals surface area contributed by atoms with Gasteiger partial charge in [-0.05, 0) is 82.6 Å². The number of aromatic carboxylic acids is 2. The molecule has 0 saturated carbocycles. The van der Waals surface area contributed by atoms with Gasteiger partial charge in [0, 0.05) is 37.5 Å². The standard InChI is InChI=1S/C20H24N2O4.C19H22N2O4/c1-12-4-5-13(2)16(8-12)10-18(23)22-7-6-15(9-14(22)3)19-21-17(11-26-19)20(24)25;1-12-3-4-13(2)15(9-12)10-17(22)21-7-5-14(6-8-21)18-20-16(11-25-18)19(23)24/h4-5,8,11,14-15H,6-7,9-10H2,1-3H3,(H,24,25);3-4,9,11,14H,5-8,10H2,1-2H3,(H,23,24). The van der Waals surface area contributed by atoms with Crippen LogP contribution in [0.2, 0.25) is 0 Å². The molecular weight excluding hydrogens is 652 g/mol. The van der Waals surface area contributed by atoms with E-state index in [9.17, 15) is 19.2 Å². The van der Waals surface area contributed by atoms with Gasteiger partial charge in [0.25, 0.3) is 0 Å². The minimum absolute atomic E-state index is 0.0443. The average molecular weight is 699 g/mol. The molecule has 2 aliphatic heterocycles. The van der Waals surface area contributed by atoms with Gasteiger partial charge in [-0.25, -0.2) is 19.6 Å². The normalized spacial score (nSPS) is 17.8. The molecule has 4 aromatic rings. The van der Waals surface area contributed by atoms with E-state index >= 15 is 0 Å². The highest BCUT2D eigenvalue weighted by Crippen LogP contribution is 2.32. The van der Waals surface area contributed by atoms with E-state index in [0.717, 1.165) is 59.1 Å². The number of carbonyl (C=O) groups excluding carboxylic acids is 2. The Balaban J connectivity index is 0.000000198. The number of aryl methyl sites for hydroxylation is 4. The third-order valence-corrected chi connectivity index (χ3v) is 9.92. The number of carboxylic acids is 2. The van der Waals surface area contributed by atoms with Gasteiger partial charge in [-0.2, -0.15) is 0 Å². The lowest BCUT2D eigenvalue weighted by Crippen LogP contribution is -2.44. The molecule has 2 unspecified atom stereocenters. The lowest BCUT2D eigenvalue weighted by Gasteiger charge is -2.37. The van der Waals surface area contributed by atoms with Gasteiger partial charge in [-0.1, -0.05) is 47.5 Å². The highest BCUT2D eigenvalue weighted by molar-refractivity contribution is 5.85. The molecule has 0 aliphatic carbocycles. The number of piperidine rings is 2. The summed E-state index contributed by atoms with van der Waals surface area (Å²) in [5.41, 5.74) is 6.59. The monoisotopic (exact) mass is 698 g/mol. The summed E-state index contributed by atoms with van der Waals surface area (Å²) in [5, 5.41) is 17.9. The number of benzene rings is 2. The lowest BCUT2D eigenvalue weighted by molar-refractivity contribution is -0.134. The Morgan fingerprint density at radius 2 is 1.18 bits per heavy atom. The Labute approximate surface area is 297 Å². The lowest BCUT2D eigenvalue weighted by atomic mass is 9.90. The van der Waals surface area contributed by atoms with E-state index in [1.807, 2.05) is 50.5 Å². The number of amides is 2. The van der Waals surface area contributed by atoms with Crippen molar-refractivity contribution in [1.82, 2.24) is 19.8 Å². The summed E-state index contributed by atoms with van der Waals surface area (Å²) in [6.45, 7) is 12.0. The van der Waals surface area contributed by atoms with Gasteiger partial charge >= 0.3 is 11.9 Å². The minimum Gasteiger partial charge on any atom is -0.476 e. The van der Waals surface area contributed by atoms with Gasteiger partial charge < -0.3 is 28.8 Å². The van der Waals surface area contributed by atoms with Crippen LogP contribution in [0.1, 0.15) is 111 Å². The maximum atomic E-state index is 12.8. The van der Waals surface area contributed by atoms with E-state index in [0.29, 0.717) is 44.3 Å². The number of carboxylic acid groups (broad SMARTS) is 2. The quantitative estimate of drug-likeness (QED) is 0.214. The first-order valence-corrected chi connectivity index (χ1v) is 17.4. The molecule has 2 N–H and O–H groups in total. The molecule has 0 bridgehead atoms. The van der Waals surface area contributed by atoms with E-state index in [1.165, 1.54) is 12.5 Å². The Morgan fingerprint density at radius 1 is 0.706 bits per heavy atom. The van der Waals surface area contributed by atoms with Crippen molar-refractivity contribution in [2.45, 2.75) is 91.0 Å². The molecule has 2 aromatic carbocycles. The molecule has 270 valence electrons. The summed E-state index contributed by atoms with van der Waals surface area (Å²) in [4.78, 5) is 59.1. The third-order valence-electron chi connectivity index (χ3n) is 9.92. The maximum Gasteiger partial charge on any atom is 0.357 e. The van der Waals surface area contributed by atoms with Gasteiger partial charge in [-0.3, -0.25) is 9.59 Å². The molecule has 2 atom stereocenters. The van der Waals surface area contributed by atoms with Crippen LogP contribution in [0.4, 0.5) is 0 Å². The number of likely N-dealkylation sites (tertiary alicyclic amines) is 2. The zero-order valence-corrected chi connectivity index (χ0v) is 29.8. The molecular formula is C39H46N4O8. The number of rotatable bonds is 8. The summed E-state index contributed by atoms with van der Waals surface area (Å²) in [7, 11) is 0. The smallest absolute Gasteiger partial charge is 0.357 e. The predicted molar refractivity (Wildman–Crippen MR) is 188 cm³/mol. The number of aromatic nitrogens is 2. The molecule has 12 nitrogen and oxygen atoms in total. The second kappa shape index (κ2) is 16.2. The molecule has 51 heavy (non-hydrogen) atoms. The highest BCUT2D eigenvalue weighted by atomic mass is 16.4. The topological polar surface area (TPSA) is 167 Å². The average Bonchev–Trinajstić information content (AvgIpc) is 3.80. The molecule has 12 heteroatoms. The number of carbonyl (C=O) groups is 4. The number of nitrogens with zero attached hydrogens (tertiary/aromatic N) is 4. The summed E-state index contributed by atoms with van der Waals surface area (Å²) >= 11 is 0. The Morgan fingerprint density at radius 3 is 1.65 bits per heavy atom. The molecule has 0 radical (unpaired) electrons. The Kier molecular flexibility index (Phi) is 11.7. The van der Waals surface area contributed by atoms with Crippen molar-refractivity contribution in [2.24, 2.45) is 0 Å². The molecule has 4 heterocycles. The second-order valence-electron chi connectivity index (χ2n) is 13.8. The van der Waals surface area contributed by atoms with Gasteiger partial charge in [-0.15, -0.1) is 0 Å². The Bertz CT molecular complexity index is 1890. The molecule has 2 aromatic heterocycles. The van der Waals surface area contributed by atoms with Crippen LogP contribution < -0.4 is 0 Å². The summed E-state index contributed by atoms with van der Waals surface area (Å²) < 4.78 is 10.6. The van der Waals surface area contributed by atoms with Crippen molar-refractivity contribution in [1.29, 1.82) is 0 Å². The van der Waals surface area contributed by atoms with Gasteiger partial charge in [0.15, 0.2) is 23.2 Å². The zero-order chi connectivity index (χ0) is 36.8. The van der Waals surface area contributed by atoms with Crippen molar-refractivity contribution in [3.8, 4) is 0 Å². The van der Waals surface area contributed by atoms with Crippen molar-refractivity contribution in [3.63, 3.8) is 0 Å². The van der Waals surface area contributed by atoms with Crippen LogP contribution in [0.25, 0.3) is 0 Å². The van der Waals surface area contributed by atoms with E-state index in [4.69, 9.17) is 19.0 Å². The van der Waals surface area contributed by atoms with Crippen LogP contribution >= 0.6 is 0 Å². The fraction of sp³-hybridized carbons (Fsp3) is 0.436. The van der Waals surface area contributed by atoms with E-state index in [-0.39, 0.29) is 41.1 Å². The molecule has 2 fully saturated rings. The summed E-state index contributed by atoms with van der Waals surface area (Å²) in [6.07, 6.45) is 6.10. The largest absolute Gasteiger partial charge is 0.476 e. The van der Waals surface area contributed by atoms with Crippen LogP contribution in [0.3, 0.4) is 0 Å². The van der Waals surface area contributed by atoms with E-state index in [1.54, 1.807) is 0 Å². The summed E-state index contributed by atoms with van der Waals surface area (Å²) in [6, 6.07) is 12.4. The SMILES string of the molecule is Cc1ccc(C)c(CC(=O)N2CCC(c3nc(C(=O)O)co3)CC2)c1.Cc1ccc(C)c(CC(=O)N2CCC(c3nc(C(=O)O)co3)CC2C)c1. The molecule has 2 saturated heterocycles. The van der Waals surface area contributed by atoms with Crippen LogP contribution in [0.5, 0.6) is 0 Å². The van der Waals surface area contributed by atoms with Crippen LogP contribution in [-0.2, 0) is 22.4 Å². The number of hydrogen-bond acceptors (Lipinski definition) is 8. The van der Waals surface area contributed by atoms with Gasteiger partial charge in [0.05, 0.1) is 12.8 Å².